The second-order valence-electron chi connectivity index (χ2n) is 3.10. The molecule has 0 spiro atoms. The number of rotatable bonds is 5. The first-order valence-electron chi connectivity index (χ1n) is 3.84. The summed E-state index contributed by atoms with van der Waals surface area (Å²) in [7, 11) is -10.2. The van der Waals surface area contributed by atoms with Gasteiger partial charge in [0.15, 0.2) is 0 Å². The summed E-state index contributed by atoms with van der Waals surface area (Å²) in [5.41, 5.74) is 0. The lowest BCUT2D eigenvalue weighted by molar-refractivity contribution is -0.136. The van der Waals surface area contributed by atoms with Crippen molar-refractivity contribution in [2.24, 2.45) is 5.92 Å². The molecule has 0 radical (unpaired) electrons. The molecule has 10 heteroatoms. The largest absolute Gasteiger partial charge is 0.538 e. The zero-order valence-corrected chi connectivity index (χ0v) is 9.85. The van der Waals surface area contributed by atoms with Crippen LogP contribution >= 0.6 is 15.6 Å². The second-order valence-corrected chi connectivity index (χ2v) is 5.86. The summed E-state index contributed by atoms with van der Waals surface area (Å²) in [6.07, 6.45) is -0.158. The fourth-order valence-electron chi connectivity index (χ4n) is 0.650. The summed E-state index contributed by atoms with van der Waals surface area (Å²) in [5, 5.41) is 0. The fraction of sp³-hybridized carbons (Fsp3) is 0.800. The Morgan fingerprint density at radius 1 is 1.27 bits per heavy atom. The van der Waals surface area contributed by atoms with Gasteiger partial charge in [-0.3, -0.25) is 9.69 Å². The molecule has 0 aliphatic carbocycles. The van der Waals surface area contributed by atoms with Gasteiger partial charge in [0.25, 0.3) is 0 Å². The Labute approximate surface area is 86.1 Å². The summed E-state index contributed by atoms with van der Waals surface area (Å²) in [4.78, 5) is 36.0. The Balaban J connectivity index is 4.33. The predicted molar refractivity (Wildman–Crippen MR) is 48.5 cm³/mol. The maximum absolute atomic E-state index is 10.9. The van der Waals surface area contributed by atoms with E-state index in [2.05, 4.69) is 8.83 Å². The van der Waals surface area contributed by atoms with Gasteiger partial charge in [-0.1, -0.05) is 13.8 Å². The van der Waals surface area contributed by atoms with Crippen molar-refractivity contribution < 1.29 is 37.4 Å². The average molecular weight is 262 g/mol. The van der Waals surface area contributed by atoms with E-state index in [1.165, 1.54) is 0 Å². The van der Waals surface area contributed by atoms with Crippen LogP contribution in [0.25, 0.3) is 0 Å². The number of carbonyl (C=O) groups excluding carboxylic acids is 1. The van der Waals surface area contributed by atoms with E-state index in [1.54, 1.807) is 13.8 Å². The molecule has 0 saturated heterocycles. The molecular formula is C5H12O8P2. The van der Waals surface area contributed by atoms with Gasteiger partial charge in [0.05, 0.1) is 0 Å². The minimum Gasteiger partial charge on any atom is -0.370 e. The lowest BCUT2D eigenvalue weighted by Crippen LogP contribution is -2.07. The van der Waals surface area contributed by atoms with E-state index in [1.807, 2.05) is 0 Å². The number of hydrogen-bond acceptors (Lipinski definition) is 5. The third kappa shape index (κ3) is 8.74. The van der Waals surface area contributed by atoms with Gasteiger partial charge in [-0.05, 0) is 5.92 Å². The van der Waals surface area contributed by atoms with E-state index in [9.17, 15) is 13.9 Å². The van der Waals surface area contributed by atoms with Crippen molar-refractivity contribution in [3.63, 3.8) is 0 Å². The van der Waals surface area contributed by atoms with Gasteiger partial charge >= 0.3 is 21.6 Å². The van der Waals surface area contributed by atoms with Gasteiger partial charge in [0, 0.05) is 6.42 Å². The smallest absolute Gasteiger partial charge is 0.370 e. The van der Waals surface area contributed by atoms with Crippen molar-refractivity contribution >= 4 is 21.6 Å². The van der Waals surface area contributed by atoms with Crippen molar-refractivity contribution in [1.29, 1.82) is 0 Å². The Morgan fingerprint density at radius 3 is 2.07 bits per heavy atom. The minimum absolute atomic E-state index is 0.118. The van der Waals surface area contributed by atoms with E-state index in [-0.39, 0.29) is 12.3 Å². The fourth-order valence-corrected chi connectivity index (χ4v) is 2.19. The standard InChI is InChI=1S/C5H12O8P2/c1-4(2)3-5(6)12-15(10,11)13-14(7,8)9/h4H,3H2,1-2H3,(H,10,11)(H2,7,8,9). The molecular weight excluding hydrogens is 250 g/mol. The van der Waals surface area contributed by atoms with Crippen molar-refractivity contribution in [2.75, 3.05) is 0 Å². The topological polar surface area (TPSA) is 130 Å². The van der Waals surface area contributed by atoms with Gasteiger partial charge in [-0.2, -0.15) is 4.31 Å². The van der Waals surface area contributed by atoms with Gasteiger partial charge in [-0.15, -0.1) is 0 Å². The first-order chi connectivity index (χ1) is 6.52. The molecule has 0 fully saturated rings. The van der Waals surface area contributed by atoms with Gasteiger partial charge < -0.3 is 14.3 Å². The molecule has 15 heavy (non-hydrogen) atoms. The third-order valence-electron chi connectivity index (χ3n) is 1.00. The number of carbonyl (C=O) groups is 1. The molecule has 0 saturated carbocycles. The molecule has 0 amide bonds. The van der Waals surface area contributed by atoms with Gasteiger partial charge in [-0.25, -0.2) is 9.13 Å². The summed E-state index contributed by atoms with van der Waals surface area (Å²) in [6, 6.07) is 0. The lowest BCUT2D eigenvalue weighted by Gasteiger charge is -2.12. The van der Waals surface area contributed by atoms with E-state index in [0.717, 1.165) is 0 Å². The second kappa shape index (κ2) is 5.21. The van der Waals surface area contributed by atoms with Crippen LogP contribution in [0.1, 0.15) is 20.3 Å². The monoisotopic (exact) mass is 262 g/mol. The molecule has 1 unspecified atom stereocenters. The Kier molecular flexibility index (Phi) is 5.13. The highest BCUT2D eigenvalue weighted by Crippen LogP contribution is 2.57. The van der Waals surface area contributed by atoms with E-state index >= 15 is 0 Å². The highest BCUT2D eigenvalue weighted by molar-refractivity contribution is 7.61. The van der Waals surface area contributed by atoms with E-state index < -0.39 is 21.6 Å². The SMILES string of the molecule is CC(C)CC(=O)OP(=O)(O)OP(=O)(O)O. The molecule has 0 aromatic carbocycles. The summed E-state index contributed by atoms with van der Waals surface area (Å²) in [5.74, 6) is -1.18. The van der Waals surface area contributed by atoms with Crippen LogP contribution in [-0.4, -0.2) is 20.6 Å². The van der Waals surface area contributed by atoms with Gasteiger partial charge in [0.1, 0.15) is 0 Å². The molecule has 0 aliphatic rings. The molecule has 0 aromatic heterocycles. The van der Waals surface area contributed by atoms with E-state index in [4.69, 9.17) is 14.7 Å². The van der Waals surface area contributed by atoms with Crippen LogP contribution in [0.3, 0.4) is 0 Å². The van der Waals surface area contributed by atoms with Crippen LogP contribution in [0.4, 0.5) is 0 Å². The number of hydrogen-bond donors (Lipinski definition) is 3. The molecule has 0 bridgehead atoms. The zero-order valence-electron chi connectivity index (χ0n) is 8.06. The predicted octanol–water partition coefficient (Wildman–Crippen LogP) is 0.785. The quantitative estimate of drug-likeness (QED) is 0.619. The van der Waals surface area contributed by atoms with Gasteiger partial charge in [0.2, 0.25) is 0 Å². The van der Waals surface area contributed by atoms with Crippen molar-refractivity contribution in [2.45, 2.75) is 20.3 Å². The maximum atomic E-state index is 10.9. The molecule has 8 nitrogen and oxygen atoms in total. The van der Waals surface area contributed by atoms with Crippen LogP contribution in [0.15, 0.2) is 0 Å². The normalized spacial score (nSPS) is 16.1. The average Bonchev–Trinajstić information content (AvgIpc) is 1.73. The summed E-state index contributed by atoms with van der Waals surface area (Å²) >= 11 is 0. The molecule has 0 rings (SSSR count). The Bertz CT molecular complexity index is 317. The molecule has 0 heterocycles. The van der Waals surface area contributed by atoms with Crippen molar-refractivity contribution in [1.82, 2.24) is 0 Å². The maximum Gasteiger partial charge on any atom is 0.538 e. The Hall–Kier alpha value is -0.230. The number of phosphoric acid groups is 2. The molecule has 0 aliphatic heterocycles. The highest BCUT2D eigenvalue weighted by atomic mass is 31.3. The number of phosphoric ester groups is 1. The zero-order chi connectivity index (χ0) is 12.3. The minimum atomic E-state index is -5.17. The van der Waals surface area contributed by atoms with Crippen LogP contribution in [0.5, 0.6) is 0 Å². The molecule has 0 aromatic rings. The van der Waals surface area contributed by atoms with Crippen LogP contribution in [0.2, 0.25) is 0 Å². The van der Waals surface area contributed by atoms with Crippen molar-refractivity contribution in [3.8, 4) is 0 Å². The Morgan fingerprint density at radius 2 is 1.73 bits per heavy atom. The van der Waals surface area contributed by atoms with Crippen molar-refractivity contribution in [3.05, 3.63) is 0 Å². The molecule has 3 N–H and O–H groups in total. The first-order valence-corrected chi connectivity index (χ1v) is 6.86. The molecule has 1 atom stereocenters. The highest BCUT2D eigenvalue weighted by Gasteiger charge is 2.35. The third-order valence-corrected chi connectivity index (χ3v) is 3.11. The van der Waals surface area contributed by atoms with E-state index in [0.29, 0.717) is 0 Å². The lowest BCUT2D eigenvalue weighted by atomic mass is 10.1. The summed E-state index contributed by atoms with van der Waals surface area (Å²) in [6.45, 7) is 3.32. The van der Waals surface area contributed by atoms with Crippen LogP contribution in [-0.2, 0) is 22.8 Å². The summed E-state index contributed by atoms with van der Waals surface area (Å²) < 4.78 is 28.3. The van der Waals surface area contributed by atoms with Crippen LogP contribution < -0.4 is 0 Å². The first kappa shape index (κ1) is 14.8. The van der Waals surface area contributed by atoms with Crippen LogP contribution in [0, 0.1) is 5.92 Å². The molecule has 90 valence electrons.